The van der Waals surface area contributed by atoms with Crippen LogP contribution in [-0.4, -0.2) is 25.2 Å². The maximum atomic E-state index is 14.6. The molecule has 0 bridgehead atoms. The molecule has 0 aliphatic carbocycles. The van der Waals surface area contributed by atoms with Gasteiger partial charge in [-0.05, 0) is 47.5 Å². The van der Waals surface area contributed by atoms with E-state index in [9.17, 15) is 9.18 Å². The molecule has 6 heteroatoms. The van der Waals surface area contributed by atoms with Crippen LogP contribution in [0, 0.1) is 5.82 Å². The average Bonchev–Trinajstić information content (AvgIpc) is 2.87. The van der Waals surface area contributed by atoms with Gasteiger partial charge in [-0.25, -0.2) is 9.18 Å². The lowest BCUT2D eigenvalue weighted by Gasteiger charge is -2.25. The summed E-state index contributed by atoms with van der Waals surface area (Å²) in [6.07, 6.45) is 3.49. The van der Waals surface area contributed by atoms with Crippen LogP contribution in [-0.2, 0) is 11.3 Å². The zero-order valence-electron chi connectivity index (χ0n) is 18.1. The highest BCUT2D eigenvalue weighted by Gasteiger charge is 2.26. The molecule has 5 nitrogen and oxygen atoms in total. The van der Waals surface area contributed by atoms with Gasteiger partial charge in [0.1, 0.15) is 23.9 Å². The van der Waals surface area contributed by atoms with E-state index < -0.39 is 11.8 Å². The molecule has 0 atom stereocenters. The lowest BCUT2D eigenvalue weighted by atomic mass is 9.89. The van der Waals surface area contributed by atoms with Crippen LogP contribution in [0.25, 0.3) is 33.4 Å². The summed E-state index contributed by atoms with van der Waals surface area (Å²) in [5.74, 6) is 0.251. The predicted octanol–water partition coefficient (Wildman–Crippen LogP) is 5.91. The maximum absolute atomic E-state index is 14.6. The third-order valence-electron chi connectivity index (χ3n) is 5.76. The first-order valence-corrected chi connectivity index (χ1v) is 10.4. The second kappa shape index (κ2) is 8.39. The van der Waals surface area contributed by atoms with E-state index >= 15 is 0 Å². The number of carbonyl (C=O) groups is 1. The molecule has 2 heterocycles. The molecule has 0 N–H and O–H groups in total. The fourth-order valence-corrected chi connectivity index (χ4v) is 4.16. The molecule has 3 aromatic carbocycles. The van der Waals surface area contributed by atoms with Gasteiger partial charge in [-0.1, -0.05) is 24.3 Å². The third-order valence-corrected chi connectivity index (χ3v) is 5.76. The molecule has 0 unspecified atom stereocenters. The number of hydrogen-bond donors (Lipinski definition) is 0. The summed E-state index contributed by atoms with van der Waals surface area (Å²) in [5, 5.41) is 0. The number of rotatable bonds is 4. The van der Waals surface area contributed by atoms with Gasteiger partial charge >= 0.3 is 5.97 Å². The number of halogens is 1. The van der Waals surface area contributed by atoms with Crippen molar-refractivity contribution in [3.8, 4) is 44.9 Å². The highest BCUT2D eigenvalue weighted by Crippen LogP contribution is 2.45. The van der Waals surface area contributed by atoms with Crippen molar-refractivity contribution in [3.63, 3.8) is 0 Å². The van der Waals surface area contributed by atoms with Crippen molar-refractivity contribution in [1.82, 2.24) is 4.98 Å². The SMILES string of the molecule is COC(=O)c1cc2c(cc1-c1ccccc1F)OCc1cc(-c3cccnc3)c(OC)cc1-2. The van der Waals surface area contributed by atoms with Crippen LogP contribution in [0.4, 0.5) is 4.39 Å². The molecule has 1 aliphatic heterocycles. The normalized spacial score (nSPS) is 11.7. The predicted molar refractivity (Wildman–Crippen MR) is 123 cm³/mol. The molecule has 164 valence electrons. The Kier molecular flexibility index (Phi) is 5.26. The summed E-state index contributed by atoms with van der Waals surface area (Å²) < 4.78 is 31.3. The first-order valence-electron chi connectivity index (χ1n) is 10.4. The summed E-state index contributed by atoms with van der Waals surface area (Å²) in [7, 11) is 2.92. The second-order valence-corrected chi connectivity index (χ2v) is 7.61. The summed E-state index contributed by atoms with van der Waals surface area (Å²) in [5.41, 5.74) is 5.34. The monoisotopic (exact) mass is 441 g/mol. The Morgan fingerprint density at radius 2 is 1.79 bits per heavy atom. The molecule has 5 rings (SSSR count). The van der Waals surface area contributed by atoms with Crippen LogP contribution >= 0.6 is 0 Å². The number of pyridine rings is 1. The summed E-state index contributed by atoms with van der Waals surface area (Å²) in [4.78, 5) is 16.9. The highest BCUT2D eigenvalue weighted by molar-refractivity contribution is 6.00. The summed E-state index contributed by atoms with van der Waals surface area (Å²) >= 11 is 0. The number of aromatic nitrogens is 1. The van der Waals surface area contributed by atoms with Gasteiger partial charge in [0.2, 0.25) is 0 Å². The average molecular weight is 441 g/mol. The quantitative estimate of drug-likeness (QED) is 0.369. The topological polar surface area (TPSA) is 57.7 Å². The Bertz CT molecular complexity index is 1370. The minimum Gasteiger partial charge on any atom is -0.496 e. The van der Waals surface area contributed by atoms with Crippen LogP contribution in [0.2, 0.25) is 0 Å². The lowest BCUT2D eigenvalue weighted by molar-refractivity contribution is 0.0601. The fourth-order valence-electron chi connectivity index (χ4n) is 4.16. The molecule has 33 heavy (non-hydrogen) atoms. The van der Waals surface area contributed by atoms with E-state index in [0.717, 1.165) is 22.3 Å². The van der Waals surface area contributed by atoms with E-state index in [1.54, 1.807) is 49.8 Å². The van der Waals surface area contributed by atoms with Crippen LogP contribution < -0.4 is 9.47 Å². The van der Waals surface area contributed by atoms with Crippen LogP contribution in [0.1, 0.15) is 15.9 Å². The molecule has 1 aromatic heterocycles. The Morgan fingerprint density at radius 3 is 2.52 bits per heavy atom. The van der Waals surface area contributed by atoms with E-state index in [1.165, 1.54) is 13.2 Å². The smallest absolute Gasteiger partial charge is 0.338 e. The fraction of sp³-hybridized carbons (Fsp3) is 0.111. The van der Waals surface area contributed by atoms with Crippen molar-refractivity contribution in [2.24, 2.45) is 0 Å². The number of hydrogen-bond acceptors (Lipinski definition) is 5. The van der Waals surface area contributed by atoms with Crippen LogP contribution in [0.3, 0.4) is 0 Å². The van der Waals surface area contributed by atoms with Gasteiger partial charge in [-0.3, -0.25) is 4.98 Å². The number of nitrogens with zero attached hydrogens (tertiary/aromatic N) is 1. The molecule has 0 saturated carbocycles. The molecule has 0 amide bonds. The second-order valence-electron chi connectivity index (χ2n) is 7.61. The molecular formula is C27H20FNO4. The first-order chi connectivity index (χ1) is 16.1. The number of benzene rings is 3. The summed E-state index contributed by atoms with van der Waals surface area (Å²) in [6.45, 7) is 0.327. The minimum atomic E-state index is -0.554. The highest BCUT2D eigenvalue weighted by atomic mass is 19.1. The molecule has 0 radical (unpaired) electrons. The van der Waals surface area contributed by atoms with Crippen molar-refractivity contribution in [2.45, 2.75) is 6.61 Å². The van der Waals surface area contributed by atoms with E-state index in [0.29, 0.717) is 34.8 Å². The van der Waals surface area contributed by atoms with E-state index in [2.05, 4.69) is 4.98 Å². The number of methoxy groups -OCH3 is 2. The van der Waals surface area contributed by atoms with Gasteiger partial charge in [0, 0.05) is 40.2 Å². The van der Waals surface area contributed by atoms with Crippen LogP contribution in [0.15, 0.2) is 73.1 Å². The number of fused-ring (bicyclic) bond motifs is 3. The number of carbonyl (C=O) groups excluding carboxylic acids is 1. The Morgan fingerprint density at radius 1 is 0.939 bits per heavy atom. The molecule has 4 aromatic rings. The largest absolute Gasteiger partial charge is 0.496 e. The van der Waals surface area contributed by atoms with Gasteiger partial charge < -0.3 is 14.2 Å². The minimum absolute atomic E-state index is 0.258. The van der Waals surface area contributed by atoms with Crippen molar-refractivity contribution in [3.05, 3.63) is 90.0 Å². The standard InChI is InChI=1S/C27H20FNO4/c1-31-25-12-19-17(10-20(25)16-6-5-9-29-14-16)15-33-26-13-21(18-7-3-4-8-24(18)28)23(11-22(19)26)27(30)32-2/h3-14H,15H2,1-2H3. The van der Waals surface area contributed by atoms with Gasteiger partial charge in [0.05, 0.1) is 19.8 Å². The molecular weight excluding hydrogens is 421 g/mol. The van der Waals surface area contributed by atoms with Crippen molar-refractivity contribution < 1.29 is 23.4 Å². The zero-order chi connectivity index (χ0) is 22.9. The molecule has 0 fully saturated rings. The first kappa shape index (κ1) is 20.7. The lowest BCUT2D eigenvalue weighted by Crippen LogP contribution is -2.10. The van der Waals surface area contributed by atoms with Crippen molar-refractivity contribution in [1.29, 1.82) is 0 Å². The molecule has 0 spiro atoms. The van der Waals surface area contributed by atoms with E-state index in [1.807, 2.05) is 24.3 Å². The van der Waals surface area contributed by atoms with Gasteiger partial charge in [0.15, 0.2) is 0 Å². The Labute approximate surface area is 190 Å². The van der Waals surface area contributed by atoms with E-state index in [4.69, 9.17) is 14.2 Å². The van der Waals surface area contributed by atoms with Crippen molar-refractivity contribution >= 4 is 5.97 Å². The zero-order valence-corrected chi connectivity index (χ0v) is 18.1. The summed E-state index contributed by atoms with van der Waals surface area (Å²) in [6, 6.07) is 17.5. The third kappa shape index (κ3) is 3.59. The van der Waals surface area contributed by atoms with Crippen LogP contribution in [0.5, 0.6) is 11.5 Å². The number of esters is 1. The van der Waals surface area contributed by atoms with Gasteiger partial charge in [-0.15, -0.1) is 0 Å². The van der Waals surface area contributed by atoms with Gasteiger partial charge in [-0.2, -0.15) is 0 Å². The Hall–Kier alpha value is -4.19. The maximum Gasteiger partial charge on any atom is 0.338 e. The molecule has 0 saturated heterocycles. The van der Waals surface area contributed by atoms with Crippen molar-refractivity contribution in [2.75, 3.05) is 14.2 Å². The van der Waals surface area contributed by atoms with Gasteiger partial charge in [0.25, 0.3) is 0 Å². The molecule has 1 aliphatic rings. The number of ether oxygens (including phenoxy) is 3. The van der Waals surface area contributed by atoms with E-state index in [-0.39, 0.29) is 5.56 Å². The Balaban J connectivity index is 1.72.